The molecule has 3 rings (SSSR count). The van der Waals surface area contributed by atoms with Crippen LogP contribution in [0.5, 0.6) is 5.75 Å². The number of methoxy groups -OCH3 is 1. The number of nitrogens with one attached hydrogen (secondary N) is 1. The predicted molar refractivity (Wildman–Crippen MR) is 98.4 cm³/mol. The van der Waals surface area contributed by atoms with E-state index in [1.807, 2.05) is 54.0 Å². The molecule has 0 spiro atoms. The number of nitrogens with zero attached hydrogens (tertiary/aromatic N) is 3. The molecule has 0 atom stereocenters. The molecule has 0 aliphatic heterocycles. The van der Waals surface area contributed by atoms with Gasteiger partial charge in [-0.3, -0.25) is 9.36 Å². The van der Waals surface area contributed by atoms with Gasteiger partial charge >= 0.3 is 0 Å². The molecule has 3 aromatic rings. The Balaban J connectivity index is 1.69. The van der Waals surface area contributed by atoms with Crippen LogP contribution < -0.4 is 10.1 Å². The lowest BCUT2D eigenvalue weighted by Crippen LogP contribution is -2.15. The molecule has 6 nitrogen and oxygen atoms in total. The highest BCUT2D eigenvalue weighted by molar-refractivity contribution is 7.99. The highest BCUT2D eigenvalue weighted by Gasteiger charge is 2.14. The van der Waals surface area contributed by atoms with Gasteiger partial charge in [0.25, 0.3) is 0 Å². The van der Waals surface area contributed by atoms with Gasteiger partial charge in [0, 0.05) is 5.69 Å². The van der Waals surface area contributed by atoms with Crippen molar-refractivity contribution in [2.75, 3.05) is 18.2 Å². The molecule has 0 radical (unpaired) electrons. The topological polar surface area (TPSA) is 69.0 Å². The van der Waals surface area contributed by atoms with Crippen molar-refractivity contribution in [3.63, 3.8) is 0 Å². The first-order valence-corrected chi connectivity index (χ1v) is 8.70. The summed E-state index contributed by atoms with van der Waals surface area (Å²) in [6.45, 7) is 1.89. The molecule has 0 aliphatic carbocycles. The van der Waals surface area contributed by atoms with E-state index in [2.05, 4.69) is 15.5 Å². The average molecular weight is 354 g/mol. The van der Waals surface area contributed by atoms with Crippen molar-refractivity contribution in [3.05, 3.63) is 60.4 Å². The Bertz CT molecular complexity index is 865. The van der Waals surface area contributed by atoms with E-state index in [9.17, 15) is 4.79 Å². The van der Waals surface area contributed by atoms with E-state index in [-0.39, 0.29) is 11.7 Å². The van der Waals surface area contributed by atoms with Crippen LogP contribution in [0.25, 0.3) is 5.69 Å². The maximum absolute atomic E-state index is 12.3. The lowest BCUT2D eigenvalue weighted by Gasteiger charge is -2.10. The largest absolute Gasteiger partial charge is 0.495 e. The normalized spacial score (nSPS) is 10.5. The van der Waals surface area contributed by atoms with Crippen LogP contribution in [0, 0.1) is 6.92 Å². The molecule has 2 aromatic carbocycles. The van der Waals surface area contributed by atoms with Crippen LogP contribution in [0.4, 0.5) is 5.69 Å². The highest BCUT2D eigenvalue weighted by atomic mass is 32.2. The van der Waals surface area contributed by atoms with Gasteiger partial charge in [0.15, 0.2) is 5.16 Å². The Morgan fingerprint density at radius 3 is 2.60 bits per heavy atom. The van der Waals surface area contributed by atoms with Crippen molar-refractivity contribution in [3.8, 4) is 11.4 Å². The fourth-order valence-electron chi connectivity index (χ4n) is 2.38. The maximum atomic E-state index is 12.3. The Hall–Kier alpha value is -2.80. The molecule has 25 heavy (non-hydrogen) atoms. The van der Waals surface area contributed by atoms with Crippen LogP contribution in [-0.4, -0.2) is 33.5 Å². The fourth-order valence-corrected chi connectivity index (χ4v) is 3.17. The number of amides is 1. The van der Waals surface area contributed by atoms with Crippen molar-refractivity contribution in [2.45, 2.75) is 12.1 Å². The number of carbonyl (C=O) groups excluding carboxylic acids is 1. The molecule has 0 bridgehead atoms. The zero-order chi connectivity index (χ0) is 17.6. The summed E-state index contributed by atoms with van der Waals surface area (Å²) >= 11 is 1.34. The van der Waals surface area contributed by atoms with Gasteiger partial charge in [0.2, 0.25) is 5.91 Å². The molecule has 1 heterocycles. The number of anilines is 1. The number of rotatable bonds is 6. The minimum absolute atomic E-state index is 0.130. The number of hydrogen-bond donors (Lipinski definition) is 1. The number of carbonyl (C=O) groups is 1. The van der Waals surface area contributed by atoms with Crippen LogP contribution in [0.3, 0.4) is 0 Å². The maximum Gasteiger partial charge on any atom is 0.234 e. The molecular formula is C18H18N4O2S. The minimum Gasteiger partial charge on any atom is -0.495 e. The summed E-state index contributed by atoms with van der Waals surface area (Å²) in [5, 5.41) is 11.8. The number of benzene rings is 2. The second-order valence-electron chi connectivity index (χ2n) is 5.24. The molecule has 0 saturated carbocycles. The van der Waals surface area contributed by atoms with Gasteiger partial charge in [-0.2, -0.15) is 0 Å². The summed E-state index contributed by atoms with van der Waals surface area (Å²) < 4.78 is 7.17. The lowest BCUT2D eigenvalue weighted by atomic mass is 10.3. The minimum atomic E-state index is -0.130. The summed E-state index contributed by atoms with van der Waals surface area (Å²) in [4.78, 5) is 12.3. The molecular weight excluding hydrogens is 336 g/mol. The van der Waals surface area contributed by atoms with Gasteiger partial charge in [-0.15, -0.1) is 10.2 Å². The van der Waals surface area contributed by atoms with Gasteiger partial charge in [-0.1, -0.05) is 42.1 Å². The van der Waals surface area contributed by atoms with Crippen molar-refractivity contribution < 1.29 is 9.53 Å². The summed E-state index contributed by atoms with van der Waals surface area (Å²) in [6, 6.07) is 17.1. The Kier molecular flexibility index (Phi) is 5.35. The van der Waals surface area contributed by atoms with Crippen molar-refractivity contribution in [1.82, 2.24) is 14.8 Å². The molecule has 0 unspecified atom stereocenters. The van der Waals surface area contributed by atoms with E-state index in [1.54, 1.807) is 19.2 Å². The van der Waals surface area contributed by atoms with Gasteiger partial charge in [-0.05, 0) is 31.2 Å². The van der Waals surface area contributed by atoms with Crippen LogP contribution in [0.1, 0.15) is 5.82 Å². The summed E-state index contributed by atoms with van der Waals surface area (Å²) in [7, 11) is 1.57. The second-order valence-corrected chi connectivity index (χ2v) is 6.18. The lowest BCUT2D eigenvalue weighted by molar-refractivity contribution is -0.113. The van der Waals surface area contributed by atoms with Crippen LogP contribution in [-0.2, 0) is 4.79 Å². The third-order valence-corrected chi connectivity index (χ3v) is 4.45. The number of hydrogen-bond acceptors (Lipinski definition) is 5. The molecule has 0 aliphatic rings. The zero-order valence-electron chi connectivity index (χ0n) is 14.0. The van der Waals surface area contributed by atoms with Crippen molar-refractivity contribution in [2.24, 2.45) is 0 Å². The van der Waals surface area contributed by atoms with Crippen LogP contribution in [0.15, 0.2) is 59.8 Å². The average Bonchev–Trinajstić information content (AvgIpc) is 3.02. The summed E-state index contributed by atoms with van der Waals surface area (Å²) in [5.41, 5.74) is 1.62. The Morgan fingerprint density at radius 2 is 1.84 bits per heavy atom. The van der Waals surface area contributed by atoms with E-state index >= 15 is 0 Å². The molecule has 0 saturated heterocycles. The molecule has 0 fully saturated rings. The van der Waals surface area contributed by atoms with Crippen LogP contribution in [0.2, 0.25) is 0 Å². The number of para-hydroxylation sites is 3. The van der Waals surface area contributed by atoms with E-state index < -0.39 is 0 Å². The molecule has 1 aromatic heterocycles. The Morgan fingerprint density at radius 1 is 1.12 bits per heavy atom. The van der Waals surface area contributed by atoms with E-state index in [4.69, 9.17) is 4.74 Å². The zero-order valence-corrected chi connectivity index (χ0v) is 14.8. The third kappa shape index (κ3) is 4.00. The van der Waals surface area contributed by atoms with Gasteiger partial charge in [0.05, 0.1) is 18.6 Å². The second kappa shape index (κ2) is 7.85. The van der Waals surface area contributed by atoms with E-state index in [0.717, 1.165) is 11.5 Å². The number of aryl methyl sites for hydroxylation is 1. The molecule has 1 amide bonds. The highest BCUT2D eigenvalue weighted by Crippen LogP contribution is 2.25. The molecule has 7 heteroatoms. The Labute approximate surface area is 150 Å². The van der Waals surface area contributed by atoms with E-state index in [0.29, 0.717) is 16.6 Å². The standard InChI is InChI=1S/C18H18N4O2S/c1-13-20-21-18(22(13)14-8-4-3-5-9-14)25-12-17(23)19-15-10-6-7-11-16(15)24-2/h3-11H,12H2,1-2H3,(H,19,23). The van der Waals surface area contributed by atoms with Gasteiger partial charge < -0.3 is 10.1 Å². The summed E-state index contributed by atoms with van der Waals surface area (Å²) in [5.74, 6) is 1.50. The van der Waals surface area contributed by atoms with Gasteiger partial charge in [0.1, 0.15) is 11.6 Å². The number of ether oxygens (including phenoxy) is 1. The van der Waals surface area contributed by atoms with Gasteiger partial charge in [-0.25, -0.2) is 0 Å². The number of thioether (sulfide) groups is 1. The molecule has 1 N–H and O–H groups in total. The first kappa shape index (κ1) is 17.0. The van der Waals surface area contributed by atoms with E-state index in [1.165, 1.54) is 11.8 Å². The first-order valence-electron chi connectivity index (χ1n) is 7.72. The van der Waals surface area contributed by atoms with Crippen LogP contribution >= 0.6 is 11.8 Å². The SMILES string of the molecule is COc1ccccc1NC(=O)CSc1nnc(C)n1-c1ccccc1. The fraction of sp³-hybridized carbons (Fsp3) is 0.167. The number of aromatic nitrogens is 3. The first-order chi connectivity index (χ1) is 12.2. The predicted octanol–water partition coefficient (Wildman–Crippen LogP) is 3.32. The quantitative estimate of drug-likeness (QED) is 0.688. The monoisotopic (exact) mass is 354 g/mol. The van der Waals surface area contributed by atoms with Crippen molar-refractivity contribution >= 4 is 23.4 Å². The summed E-state index contributed by atoms with van der Waals surface area (Å²) in [6.07, 6.45) is 0. The van der Waals surface area contributed by atoms with Crippen molar-refractivity contribution in [1.29, 1.82) is 0 Å². The third-order valence-electron chi connectivity index (χ3n) is 3.52. The molecule has 128 valence electrons. The smallest absolute Gasteiger partial charge is 0.234 e.